The highest BCUT2D eigenvalue weighted by Crippen LogP contribution is 2.42. The summed E-state index contributed by atoms with van der Waals surface area (Å²) < 4.78 is 13.0. The Morgan fingerprint density at radius 1 is 0.323 bits per heavy atom. The van der Waals surface area contributed by atoms with Gasteiger partial charge in [-0.2, -0.15) is 0 Å². The molecule has 9 aromatic carbocycles. The molecule has 13 aromatic rings. The molecule has 0 radical (unpaired) electrons. The number of hydrogen-bond acceptors (Lipinski definition) is 2. The monoisotopic (exact) mass is 793 g/mol. The van der Waals surface area contributed by atoms with Gasteiger partial charge in [0.1, 0.15) is 11.2 Å². The lowest BCUT2D eigenvalue weighted by Gasteiger charge is -2.15. The third-order valence-corrected chi connectivity index (χ3v) is 12.6. The van der Waals surface area contributed by atoms with E-state index in [1.165, 1.54) is 0 Å². The third kappa shape index (κ3) is 4.99. The van der Waals surface area contributed by atoms with Crippen LogP contribution >= 0.6 is 0 Å². The molecule has 4 aromatic heterocycles. The van der Waals surface area contributed by atoms with Crippen LogP contribution in [0.2, 0.25) is 0 Å². The second-order valence-electron chi connectivity index (χ2n) is 16.0. The highest BCUT2D eigenvalue weighted by molar-refractivity contribution is 6.20. The Morgan fingerprint density at radius 2 is 0.903 bits per heavy atom. The number of benzene rings is 9. The van der Waals surface area contributed by atoms with E-state index in [0.29, 0.717) is 5.39 Å². The second kappa shape index (κ2) is 13.3. The Kier molecular flexibility index (Phi) is 7.39. The topological polar surface area (TPSA) is 45.0 Å². The lowest BCUT2D eigenvalue weighted by Crippen LogP contribution is -2.19. The number of fused-ring (bicyclic) bond motifs is 11. The van der Waals surface area contributed by atoms with Gasteiger partial charge in [-0.25, -0.2) is 0 Å². The summed E-state index contributed by atoms with van der Waals surface area (Å²) in [5, 5.41) is 6.78. The van der Waals surface area contributed by atoms with Crippen molar-refractivity contribution in [1.82, 2.24) is 13.7 Å². The van der Waals surface area contributed by atoms with Crippen molar-refractivity contribution in [3.8, 4) is 39.3 Å². The number of aromatic nitrogens is 3. The molecule has 0 bridgehead atoms. The Morgan fingerprint density at radius 3 is 1.73 bits per heavy atom. The molecule has 5 nitrogen and oxygen atoms in total. The van der Waals surface area contributed by atoms with Gasteiger partial charge in [0.2, 0.25) is 0 Å². The first kappa shape index (κ1) is 34.5. The van der Waals surface area contributed by atoms with Crippen LogP contribution in [-0.2, 0) is 0 Å². The lowest BCUT2D eigenvalue weighted by molar-refractivity contribution is 0.669. The van der Waals surface area contributed by atoms with E-state index in [2.05, 4.69) is 179 Å². The number of nitrogens with zero attached hydrogens (tertiary/aromatic N) is 3. The predicted molar refractivity (Wildman–Crippen MR) is 256 cm³/mol. The van der Waals surface area contributed by atoms with E-state index in [1.807, 2.05) is 47.0 Å². The van der Waals surface area contributed by atoms with Crippen LogP contribution in [0.5, 0.6) is 0 Å². The van der Waals surface area contributed by atoms with Crippen molar-refractivity contribution in [2.45, 2.75) is 0 Å². The summed E-state index contributed by atoms with van der Waals surface area (Å²) in [4.78, 5) is 15.9. The van der Waals surface area contributed by atoms with Gasteiger partial charge in [-0.1, -0.05) is 133 Å². The molecule has 5 heteroatoms. The average Bonchev–Trinajstić information content (AvgIpc) is 4.00. The van der Waals surface area contributed by atoms with Crippen LogP contribution in [0.25, 0.3) is 116 Å². The van der Waals surface area contributed by atoms with E-state index >= 15 is 4.79 Å². The van der Waals surface area contributed by atoms with Crippen molar-refractivity contribution in [3.63, 3.8) is 0 Å². The minimum Gasteiger partial charge on any atom is -0.456 e. The number of rotatable bonds is 5. The highest BCUT2D eigenvalue weighted by atomic mass is 16.3. The molecule has 4 heterocycles. The summed E-state index contributed by atoms with van der Waals surface area (Å²) in [6, 6.07) is 73.9. The standard InChI is InChI=1S/C57H35N3O2/c61-57-55-46-34-39(38-18-13-17-37(33-38)36-15-3-1-4-16-36)29-31-50(46)60(51-26-14-28-53-54(51)44-23-9-12-27-52(44)62-53)56(55)43-22-8-11-25-48(43)59(57)41-30-32-49-45(35-41)42-21-7-10-24-47(42)58(49)40-19-5-2-6-20-40/h1-35H. The molecule has 13 rings (SSSR count). The number of furan rings is 1. The van der Waals surface area contributed by atoms with E-state index in [4.69, 9.17) is 4.42 Å². The maximum atomic E-state index is 15.9. The Balaban J connectivity index is 1.14. The quantitative estimate of drug-likeness (QED) is 0.174. The van der Waals surface area contributed by atoms with Crippen LogP contribution in [0.3, 0.4) is 0 Å². The summed E-state index contributed by atoms with van der Waals surface area (Å²) in [5.41, 5.74) is 13.7. The molecule has 0 atom stereocenters. The molecule has 0 aliphatic rings. The van der Waals surface area contributed by atoms with E-state index in [0.717, 1.165) is 110 Å². The summed E-state index contributed by atoms with van der Waals surface area (Å²) >= 11 is 0. The fourth-order valence-corrected chi connectivity index (χ4v) is 9.95. The maximum absolute atomic E-state index is 15.9. The minimum atomic E-state index is -0.0759. The molecule has 0 aliphatic carbocycles. The molecular formula is C57H35N3O2. The van der Waals surface area contributed by atoms with Crippen molar-refractivity contribution < 1.29 is 4.42 Å². The van der Waals surface area contributed by atoms with E-state index in [1.54, 1.807) is 0 Å². The average molecular weight is 794 g/mol. The third-order valence-electron chi connectivity index (χ3n) is 12.6. The van der Waals surface area contributed by atoms with Gasteiger partial charge in [0.05, 0.1) is 49.7 Å². The molecule has 0 aliphatic heterocycles. The molecule has 0 spiro atoms. The number of hydrogen-bond donors (Lipinski definition) is 0. The van der Waals surface area contributed by atoms with Crippen LogP contribution < -0.4 is 5.56 Å². The van der Waals surface area contributed by atoms with Crippen LogP contribution in [0.15, 0.2) is 222 Å². The SMILES string of the molecule is O=c1c2c3cc(-c4cccc(-c5ccccc5)c4)ccc3n(-c3cccc4oc5ccccc5c34)c2c2ccccc2n1-c1ccc2c(c1)c1ccccc1n2-c1ccccc1. The van der Waals surface area contributed by atoms with Gasteiger partial charge >= 0.3 is 0 Å². The zero-order valence-electron chi connectivity index (χ0n) is 33.4. The van der Waals surface area contributed by atoms with Gasteiger partial charge in [-0.05, 0) is 101 Å². The zero-order chi connectivity index (χ0) is 40.9. The van der Waals surface area contributed by atoms with E-state index < -0.39 is 0 Å². The molecular weight excluding hydrogens is 759 g/mol. The largest absolute Gasteiger partial charge is 0.456 e. The van der Waals surface area contributed by atoms with Crippen molar-refractivity contribution in [2.24, 2.45) is 0 Å². The Bertz CT molecular complexity index is 4000. The van der Waals surface area contributed by atoms with E-state index in [9.17, 15) is 0 Å². The first-order valence-corrected chi connectivity index (χ1v) is 21.0. The Labute approximate surface area is 355 Å². The van der Waals surface area contributed by atoms with Crippen LogP contribution in [-0.4, -0.2) is 13.7 Å². The fraction of sp³-hybridized carbons (Fsp3) is 0. The fourth-order valence-electron chi connectivity index (χ4n) is 9.95. The molecule has 290 valence electrons. The van der Waals surface area contributed by atoms with Crippen molar-refractivity contribution >= 4 is 76.5 Å². The van der Waals surface area contributed by atoms with Gasteiger partial charge in [0.25, 0.3) is 5.56 Å². The molecule has 0 N–H and O–H groups in total. The summed E-state index contributed by atoms with van der Waals surface area (Å²) in [6.07, 6.45) is 0. The van der Waals surface area contributed by atoms with E-state index in [-0.39, 0.29) is 5.56 Å². The maximum Gasteiger partial charge on any atom is 0.265 e. The van der Waals surface area contributed by atoms with Crippen molar-refractivity contribution in [2.75, 3.05) is 0 Å². The first-order valence-electron chi connectivity index (χ1n) is 21.0. The molecule has 62 heavy (non-hydrogen) atoms. The molecule has 0 saturated carbocycles. The molecule has 0 fully saturated rings. The van der Waals surface area contributed by atoms with Crippen LogP contribution in [0, 0.1) is 0 Å². The van der Waals surface area contributed by atoms with Gasteiger partial charge in [-0.15, -0.1) is 0 Å². The predicted octanol–water partition coefficient (Wildman–Crippen LogP) is 14.4. The summed E-state index contributed by atoms with van der Waals surface area (Å²) in [7, 11) is 0. The van der Waals surface area contributed by atoms with Crippen molar-refractivity contribution in [3.05, 3.63) is 223 Å². The number of pyridine rings is 1. The number of para-hydroxylation sites is 4. The van der Waals surface area contributed by atoms with Gasteiger partial charge < -0.3 is 13.6 Å². The smallest absolute Gasteiger partial charge is 0.265 e. The van der Waals surface area contributed by atoms with Gasteiger partial charge in [0.15, 0.2) is 0 Å². The highest BCUT2D eigenvalue weighted by Gasteiger charge is 2.25. The first-order chi connectivity index (χ1) is 30.7. The van der Waals surface area contributed by atoms with Crippen molar-refractivity contribution in [1.29, 1.82) is 0 Å². The molecule has 0 saturated heterocycles. The Hall–Kier alpha value is -8.41. The molecule has 0 unspecified atom stereocenters. The normalized spacial score (nSPS) is 11.9. The van der Waals surface area contributed by atoms with Crippen LogP contribution in [0.1, 0.15) is 0 Å². The second-order valence-corrected chi connectivity index (χ2v) is 16.0. The summed E-state index contributed by atoms with van der Waals surface area (Å²) in [5.74, 6) is 0. The van der Waals surface area contributed by atoms with Gasteiger partial charge in [0, 0.05) is 32.6 Å². The molecule has 0 amide bonds. The van der Waals surface area contributed by atoms with Gasteiger partial charge in [-0.3, -0.25) is 9.36 Å². The zero-order valence-corrected chi connectivity index (χ0v) is 33.4. The lowest BCUT2D eigenvalue weighted by atomic mass is 9.98. The summed E-state index contributed by atoms with van der Waals surface area (Å²) in [6.45, 7) is 0. The van der Waals surface area contributed by atoms with Crippen LogP contribution in [0.4, 0.5) is 0 Å². The minimum absolute atomic E-state index is 0.0759.